The summed E-state index contributed by atoms with van der Waals surface area (Å²) in [7, 11) is 1.49. The molecule has 20 heavy (non-hydrogen) atoms. The van der Waals surface area contributed by atoms with Crippen LogP contribution in [0, 0.1) is 0 Å². The maximum Gasteiger partial charge on any atom is 0.342 e. The zero-order valence-electron chi connectivity index (χ0n) is 11.7. The van der Waals surface area contributed by atoms with Gasteiger partial charge in [-0.1, -0.05) is 24.4 Å². The van der Waals surface area contributed by atoms with E-state index in [1.54, 1.807) is 6.07 Å². The first kappa shape index (κ1) is 15.0. The van der Waals surface area contributed by atoms with Crippen LogP contribution in [0.2, 0.25) is 5.02 Å². The Hall–Kier alpha value is -1.42. The monoisotopic (exact) mass is 297 g/mol. The zero-order valence-corrected chi connectivity index (χ0v) is 12.4. The van der Waals surface area contributed by atoms with Gasteiger partial charge >= 0.3 is 5.97 Å². The van der Waals surface area contributed by atoms with Crippen LogP contribution in [0.25, 0.3) is 0 Å². The van der Waals surface area contributed by atoms with Gasteiger partial charge in [0.05, 0.1) is 17.8 Å². The number of esters is 1. The third-order valence-corrected chi connectivity index (χ3v) is 3.94. The molecule has 0 radical (unpaired) electrons. The number of nitrogens with two attached hydrogens (primary N) is 1. The van der Waals surface area contributed by atoms with Crippen molar-refractivity contribution in [3.05, 3.63) is 22.7 Å². The normalized spacial score (nSPS) is 16.5. The molecule has 1 aromatic carbocycles. The maximum atomic E-state index is 12.3. The third-order valence-electron chi connectivity index (χ3n) is 3.61. The standard InChI is InChI=1S/C15H20ClNO3/c1-19-14-9-13(17)12(16)8-11(14)15(18)20-10-6-4-2-3-5-7-10/h8-10H,2-7,17H2,1H3. The van der Waals surface area contributed by atoms with E-state index in [4.69, 9.17) is 26.8 Å². The van der Waals surface area contributed by atoms with Gasteiger partial charge < -0.3 is 15.2 Å². The summed E-state index contributed by atoms with van der Waals surface area (Å²) in [5, 5.41) is 0.332. The quantitative estimate of drug-likeness (QED) is 0.523. The summed E-state index contributed by atoms with van der Waals surface area (Å²) < 4.78 is 10.8. The van der Waals surface area contributed by atoms with Crippen molar-refractivity contribution in [3.63, 3.8) is 0 Å². The molecule has 110 valence electrons. The second-order valence-electron chi connectivity index (χ2n) is 5.09. The van der Waals surface area contributed by atoms with E-state index in [9.17, 15) is 4.79 Å². The van der Waals surface area contributed by atoms with Crippen LogP contribution in [0.3, 0.4) is 0 Å². The number of nitrogen functional groups attached to an aromatic ring is 1. The van der Waals surface area contributed by atoms with Crippen LogP contribution < -0.4 is 10.5 Å². The fraction of sp³-hybridized carbons (Fsp3) is 0.533. The summed E-state index contributed by atoms with van der Waals surface area (Å²) in [5.74, 6) is 0.00109. The molecule has 0 bridgehead atoms. The fourth-order valence-electron chi connectivity index (χ4n) is 2.47. The van der Waals surface area contributed by atoms with Crippen molar-refractivity contribution in [1.82, 2.24) is 0 Å². The predicted octanol–water partition coefficient (Wildman–Crippen LogP) is 3.81. The highest BCUT2D eigenvalue weighted by atomic mass is 35.5. The van der Waals surface area contributed by atoms with Crippen molar-refractivity contribution in [2.45, 2.75) is 44.6 Å². The molecule has 0 heterocycles. The van der Waals surface area contributed by atoms with Gasteiger partial charge in [-0.15, -0.1) is 0 Å². The number of carbonyl (C=O) groups excluding carboxylic acids is 1. The second-order valence-corrected chi connectivity index (χ2v) is 5.50. The molecular weight excluding hydrogens is 278 g/mol. The number of methoxy groups -OCH3 is 1. The Balaban J connectivity index is 2.13. The first-order valence-electron chi connectivity index (χ1n) is 6.96. The van der Waals surface area contributed by atoms with E-state index in [2.05, 4.69) is 0 Å². The van der Waals surface area contributed by atoms with Crippen molar-refractivity contribution in [2.24, 2.45) is 0 Å². The topological polar surface area (TPSA) is 61.5 Å². The van der Waals surface area contributed by atoms with Crippen LogP contribution in [0.5, 0.6) is 5.75 Å². The predicted molar refractivity (Wildman–Crippen MR) is 79.3 cm³/mol. The van der Waals surface area contributed by atoms with E-state index < -0.39 is 5.97 Å². The minimum absolute atomic E-state index is 0.00830. The number of halogens is 1. The van der Waals surface area contributed by atoms with E-state index in [-0.39, 0.29) is 6.10 Å². The van der Waals surface area contributed by atoms with Gasteiger partial charge in [0.2, 0.25) is 0 Å². The van der Waals surface area contributed by atoms with E-state index in [0.29, 0.717) is 22.0 Å². The van der Waals surface area contributed by atoms with Gasteiger partial charge in [0.25, 0.3) is 0 Å². The Morgan fingerprint density at radius 1 is 1.25 bits per heavy atom. The summed E-state index contributed by atoms with van der Waals surface area (Å²) in [6.45, 7) is 0. The Labute approximate surface area is 124 Å². The van der Waals surface area contributed by atoms with Gasteiger partial charge in [0.1, 0.15) is 17.4 Å². The molecule has 1 aliphatic rings. The lowest BCUT2D eigenvalue weighted by atomic mass is 10.1. The van der Waals surface area contributed by atoms with Gasteiger partial charge in [-0.25, -0.2) is 4.79 Å². The Kier molecular flexibility index (Phi) is 5.12. The Morgan fingerprint density at radius 2 is 1.90 bits per heavy atom. The highest BCUT2D eigenvalue weighted by Gasteiger charge is 2.21. The number of benzene rings is 1. The van der Waals surface area contributed by atoms with Crippen LogP contribution in [0.15, 0.2) is 12.1 Å². The van der Waals surface area contributed by atoms with Crippen molar-refractivity contribution in [3.8, 4) is 5.75 Å². The smallest absolute Gasteiger partial charge is 0.342 e. The lowest BCUT2D eigenvalue weighted by Gasteiger charge is -2.17. The molecule has 0 aromatic heterocycles. The van der Waals surface area contributed by atoms with Crippen molar-refractivity contribution >= 4 is 23.3 Å². The third kappa shape index (κ3) is 3.57. The maximum absolute atomic E-state index is 12.3. The highest BCUT2D eigenvalue weighted by Crippen LogP contribution is 2.30. The lowest BCUT2D eigenvalue weighted by Crippen LogP contribution is -2.18. The molecule has 1 fully saturated rings. The van der Waals surface area contributed by atoms with Crippen LogP contribution in [-0.2, 0) is 4.74 Å². The molecule has 0 unspecified atom stereocenters. The van der Waals surface area contributed by atoms with Crippen molar-refractivity contribution < 1.29 is 14.3 Å². The minimum Gasteiger partial charge on any atom is -0.496 e. The van der Waals surface area contributed by atoms with Crippen LogP contribution in [0.1, 0.15) is 48.9 Å². The number of hydrogen-bond donors (Lipinski definition) is 1. The molecule has 4 nitrogen and oxygen atoms in total. The average Bonchev–Trinajstić information content (AvgIpc) is 2.69. The van der Waals surface area contributed by atoms with E-state index in [1.165, 1.54) is 26.0 Å². The minimum atomic E-state index is -0.393. The van der Waals surface area contributed by atoms with Gasteiger partial charge in [0.15, 0.2) is 0 Å². The van der Waals surface area contributed by atoms with Crippen molar-refractivity contribution in [1.29, 1.82) is 0 Å². The van der Waals surface area contributed by atoms with Crippen LogP contribution >= 0.6 is 11.6 Å². The zero-order chi connectivity index (χ0) is 14.5. The molecular formula is C15H20ClNO3. The average molecular weight is 298 g/mol. The fourth-order valence-corrected chi connectivity index (χ4v) is 2.64. The van der Waals surface area contributed by atoms with Crippen molar-refractivity contribution in [2.75, 3.05) is 12.8 Å². The molecule has 1 aromatic rings. The highest BCUT2D eigenvalue weighted by molar-refractivity contribution is 6.33. The van der Waals surface area contributed by atoms with Gasteiger partial charge in [-0.3, -0.25) is 0 Å². The van der Waals surface area contributed by atoms with Gasteiger partial charge in [-0.2, -0.15) is 0 Å². The van der Waals surface area contributed by atoms with E-state index in [0.717, 1.165) is 25.7 Å². The Bertz CT molecular complexity index is 482. The molecule has 0 atom stereocenters. The van der Waals surface area contributed by atoms with Crippen LogP contribution in [-0.4, -0.2) is 19.2 Å². The summed E-state index contributed by atoms with van der Waals surface area (Å²) in [4.78, 5) is 12.3. The summed E-state index contributed by atoms with van der Waals surface area (Å²) >= 11 is 5.97. The molecule has 2 rings (SSSR count). The summed E-state index contributed by atoms with van der Waals surface area (Å²) in [5.41, 5.74) is 6.42. The Morgan fingerprint density at radius 3 is 2.50 bits per heavy atom. The summed E-state index contributed by atoms with van der Waals surface area (Å²) in [6, 6.07) is 3.06. The number of ether oxygens (including phenoxy) is 2. The molecule has 1 saturated carbocycles. The molecule has 0 amide bonds. The second kappa shape index (κ2) is 6.84. The lowest BCUT2D eigenvalue weighted by molar-refractivity contribution is 0.0264. The van der Waals surface area contributed by atoms with Gasteiger partial charge in [0, 0.05) is 6.07 Å². The number of carbonyl (C=O) groups is 1. The molecule has 0 spiro atoms. The number of anilines is 1. The van der Waals surface area contributed by atoms with Gasteiger partial charge in [-0.05, 0) is 31.7 Å². The largest absolute Gasteiger partial charge is 0.496 e. The van der Waals surface area contributed by atoms with Crippen LogP contribution in [0.4, 0.5) is 5.69 Å². The summed E-state index contributed by atoms with van der Waals surface area (Å²) in [6.07, 6.45) is 6.49. The molecule has 5 heteroatoms. The first-order valence-corrected chi connectivity index (χ1v) is 7.33. The SMILES string of the molecule is COc1cc(N)c(Cl)cc1C(=O)OC1CCCCCC1. The number of hydrogen-bond acceptors (Lipinski definition) is 4. The van der Waals surface area contributed by atoms with E-state index in [1.807, 2.05) is 0 Å². The molecule has 0 aliphatic heterocycles. The molecule has 1 aliphatic carbocycles. The first-order chi connectivity index (χ1) is 9.61. The molecule has 2 N–H and O–H groups in total. The molecule has 0 saturated heterocycles. The van der Waals surface area contributed by atoms with E-state index >= 15 is 0 Å². The number of rotatable bonds is 3.